The van der Waals surface area contributed by atoms with Crippen molar-refractivity contribution < 1.29 is 28.2 Å². The number of rotatable bonds is 1. The van der Waals surface area contributed by atoms with Gasteiger partial charge in [0.1, 0.15) is 12.3 Å². The molecule has 15 heavy (non-hydrogen) atoms. The summed E-state index contributed by atoms with van der Waals surface area (Å²) in [4.78, 5) is 11.1. The minimum Gasteiger partial charge on any atom is -0.389 e. The molecular formula is C7H11F3N2O3. The van der Waals surface area contributed by atoms with E-state index >= 15 is 0 Å². The molecule has 0 aromatic heterocycles. The molecule has 1 amide bonds. The Morgan fingerprint density at radius 3 is 2.33 bits per heavy atom. The zero-order chi connectivity index (χ0) is 11.8. The molecular weight excluding hydrogens is 217 g/mol. The number of hydrogen-bond acceptors (Lipinski definition) is 4. The minimum atomic E-state index is -4.98. The maximum absolute atomic E-state index is 12.0. The summed E-state index contributed by atoms with van der Waals surface area (Å²) in [5.74, 6) is -2.06. The van der Waals surface area contributed by atoms with Gasteiger partial charge in [-0.1, -0.05) is 0 Å². The van der Waals surface area contributed by atoms with Crippen LogP contribution in [0.15, 0.2) is 0 Å². The van der Waals surface area contributed by atoms with E-state index in [1.54, 1.807) is 0 Å². The molecule has 1 aliphatic rings. The van der Waals surface area contributed by atoms with Gasteiger partial charge in [-0.3, -0.25) is 10.1 Å². The molecule has 0 radical (unpaired) electrons. The number of nitrogens with one attached hydrogen (secondary N) is 1. The number of aliphatic hydroxyl groups is 2. The van der Waals surface area contributed by atoms with Gasteiger partial charge in [-0.05, 0) is 0 Å². The van der Waals surface area contributed by atoms with Crippen LogP contribution < -0.4 is 5.32 Å². The van der Waals surface area contributed by atoms with Crippen LogP contribution in [-0.2, 0) is 4.79 Å². The third-order valence-electron chi connectivity index (χ3n) is 2.23. The standard InChI is InChI=1S/C7H11F3N2O3/c1-12(6(15)7(8,9)10)5-4(14)3(13)2-11-5/h3-5,11,13-14H,2H2,1H3. The summed E-state index contributed by atoms with van der Waals surface area (Å²) in [5, 5.41) is 20.8. The molecule has 0 aliphatic carbocycles. The molecule has 1 rings (SSSR count). The quantitative estimate of drug-likeness (QED) is 0.519. The van der Waals surface area contributed by atoms with Crippen LogP contribution in [0.25, 0.3) is 0 Å². The summed E-state index contributed by atoms with van der Waals surface area (Å²) in [6.45, 7) is -0.0543. The van der Waals surface area contributed by atoms with Crippen molar-refractivity contribution in [1.29, 1.82) is 0 Å². The van der Waals surface area contributed by atoms with Crippen LogP contribution in [0, 0.1) is 0 Å². The summed E-state index contributed by atoms with van der Waals surface area (Å²) in [6.07, 6.45) is -8.78. The number of halogens is 3. The fourth-order valence-corrected chi connectivity index (χ4v) is 1.39. The fourth-order valence-electron chi connectivity index (χ4n) is 1.39. The number of aliphatic hydroxyl groups excluding tert-OH is 2. The topological polar surface area (TPSA) is 72.8 Å². The summed E-state index contributed by atoms with van der Waals surface area (Å²) in [6, 6.07) is 0. The zero-order valence-electron chi connectivity index (χ0n) is 7.82. The van der Waals surface area contributed by atoms with Gasteiger partial charge < -0.3 is 15.1 Å². The number of β-amino-alcohol motifs (C(OH)–C–C–N with tert-alkyl or cyclic N) is 1. The lowest BCUT2D eigenvalue weighted by atomic mass is 10.2. The molecule has 88 valence electrons. The summed E-state index contributed by atoms with van der Waals surface area (Å²) in [5.41, 5.74) is 0. The van der Waals surface area contributed by atoms with Gasteiger partial charge in [-0.25, -0.2) is 0 Å². The van der Waals surface area contributed by atoms with E-state index in [1.165, 1.54) is 0 Å². The van der Waals surface area contributed by atoms with Crippen molar-refractivity contribution in [3.63, 3.8) is 0 Å². The van der Waals surface area contributed by atoms with E-state index in [-0.39, 0.29) is 6.54 Å². The van der Waals surface area contributed by atoms with Crippen LogP contribution in [0.1, 0.15) is 0 Å². The first-order valence-corrected chi connectivity index (χ1v) is 4.18. The van der Waals surface area contributed by atoms with Crippen LogP contribution in [0.2, 0.25) is 0 Å². The van der Waals surface area contributed by atoms with Crippen molar-refractivity contribution in [2.45, 2.75) is 24.6 Å². The fraction of sp³-hybridized carbons (Fsp3) is 0.857. The van der Waals surface area contributed by atoms with Crippen molar-refractivity contribution in [3.8, 4) is 0 Å². The van der Waals surface area contributed by atoms with Gasteiger partial charge in [0.15, 0.2) is 0 Å². The third-order valence-corrected chi connectivity index (χ3v) is 2.23. The van der Waals surface area contributed by atoms with E-state index in [4.69, 9.17) is 5.11 Å². The summed E-state index contributed by atoms with van der Waals surface area (Å²) < 4.78 is 36.0. The molecule has 8 heteroatoms. The van der Waals surface area contributed by atoms with E-state index in [0.29, 0.717) is 4.90 Å². The van der Waals surface area contributed by atoms with Gasteiger partial charge in [0.2, 0.25) is 0 Å². The van der Waals surface area contributed by atoms with Gasteiger partial charge in [-0.2, -0.15) is 13.2 Å². The van der Waals surface area contributed by atoms with Gasteiger partial charge in [0.05, 0.1) is 6.10 Å². The molecule has 3 N–H and O–H groups in total. The van der Waals surface area contributed by atoms with E-state index in [9.17, 15) is 23.1 Å². The highest BCUT2D eigenvalue weighted by Crippen LogP contribution is 2.21. The number of hydrogen-bond donors (Lipinski definition) is 3. The molecule has 0 aromatic rings. The van der Waals surface area contributed by atoms with Crippen molar-refractivity contribution in [3.05, 3.63) is 0 Å². The maximum atomic E-state index is 12.0. The number of likely N-dealkylation sites (N-methyl/N-ethyl adjacent to an activating group) is 1. The van der Waals surface area contributed by atoms with Gasteiger partial charge in [-0.15, -0.1) is 0 Å². The Hall–Kier alpha value is -0.860. The SMILES string of the molecule is CN(C(=O)C(F)(F)F)C1NCC(O)C1O. The average molecular weight is 228 g/mol. The number of amides is 1. The third kappa shape index (κ3) is 2.39. The first-order chi connectivity index (χ1) is 6.75. The molecule has 1 aliphatic heterocycles. The predicted octanol–water partition coefficient (Wildman–Crippen LogP) is -1.34. The molecule has 1 fully saturated rings. The van der Waals surface area contributed by atoms with Crippen molar-refractivity contribution in [2.75, 3.05) is 13.6 Å². The van der Waals surface area contributed by atoms with Gasteiger partial charge >= 0.3 is 12.1 Å². The highest BCUT2D eigenvalue weighted by Gasteiger charge is 2.46. The second-order valence-corrected chi connectivity index (χ2v) is 3.32. The van der Waals surface area contributed by atoms with Crippen molar-refractivity contribution in [1.82, 2.24) is 10.2 Å². The highest BCUT2D eigenvalue weighted by atomic mass is 19.4. The smallest absolute Gasteiger partial charge is 0.389 e. The predicted molar refractivity (Wildman–Crippen MR) is 42.6 cm³/mol. The number of carbonyl (C=O) groups excluding carboxylic acids is 1. The lowest BCUT2D eigenvalue weighted by molar-refractivity contribution is -0.188. The van der Waals surface area contributed by atoms with Crippen LogP contribution in [0.3, 0.4) is 0 Å². The Morgan fingerprint density at radius 2 is 2.00 bits per heavy atom. The average Bonchev–Trinajstić information content (AvgIpc) is 2.44. The number of nitrogens with zero attached hydrogens (tertiary/aromatic N) is 1. The molecule has 0 bridgehead atoms. The molecule has 3 unspecified atom stereocenters. The Labute approximate surface area is 83.5 Å². The normalized spacial score (nSPS) is 31.7. The van der Waals surface area contributed by atoms with Gasteiger partial charge in [0.25, 0.3) is 0 Å². The number of alkyl halides is 3. The highest BCUT2D eigenvalue weighted by molar-refractivity contribution is 5.81. The Kier molecular flexibility index (Phi) is 3.22. The first kappa shape index (κ1) is 12.2. The van der Waals surface area contributed by atoms with E-state index < -0.39 is 30.5 Å². The van der Waals surface area contributed by atoms with E-state index in [1.807, 2.05) is 0 Å². The van der Waals surface area contributed by atoms with Crippen molar-refractivity contribution in [2.24, 2.45) is 0 Å². The van der Waals surface area contributed by atoms with Crippen LogP contribution in [0.5, 0.6) is 0 Å². The zero-order valence-corrected chi connectivity index (χ0v) is 7.82. The monoisotopic (exact) mass is 228 g/mol. The molecule has 3 atom stereocenters. The largest absolute Gasteiger partial charge is 0.471 e. The summed E-state index contributed by atoms with van der Waals surface area (Å²) >= 11 is 0. The molecule has 0 saturated carbocycles. The van der Waals surface area contributed by atoms with Crippen LogP contribution >= 0.6 is 0 Å². The Balaban J connectivity index is 2.69. The Bertz CT molecular complexity index is 258. The van der Waals surface area contributed by atoms with Crippen molar-refractivity contribution >= 4 is 5.91 Å². The number of carbonyl (C=O) groups is 1. The summed E-state index contributed by atoms with van der Waals surface area (Å²) in [7, 11) is 0.911. The Morgan fingerprint density at radius 1 is 1.47 bits per heavy atom. The molecule has 1 saturated heterocycles. The molecule has 0 spiro atoms. The minimum absolute atomic E-state index is 0.0543. The second kappa shape index (κ2) is 3.95. The molecule has 0 aromatic carbocycles. The lowest BCUT2D eigenvalue weighted by Gasteiger charge is -2.27. The molecule has 5 nitrogen and oxygen atoms in total. The van der Waals surface area contributed by atoms with Crippen LogP contribution in [0.4, 0.5) is 13.2 Å². The lowest BCUT2D eigenvalue weighted by Crippen LogP contribution is -2.53. The second-order valence-electron chi connectivity index (χ2n) is 3.32. The van der Waals surface area contributed by atoms with E-state index in [2.05, 4.69) is 5.32 Å². The maximum Gasteiger partial charge on any atom is 0.471 e. The first-order valence-electron chi connectivity index (χ1n) is 4.18. The van der Waals surface area contributed by atoms with Crippen LogP contribution in [-0.4, -0.2) is 59.2 Å². The molecule has 1 heterocycles. The van der Waals surface area contributed by atoms with E-state index in [0.717, 1.165) is 7.05 Å². The van der Waals surface area contributed by atoms with Gasteiger partial charge in [0, 0.05) is 13.6 Å².